The monoisotopic (exact) mass is 711 g/mol. The summed E-state index contributed by atoms with van der Waals surface area (Å²) in [6.45, 7) is 4.28. The molecule has 50 heavy (non-hydrogen) atoms. The Morgan fingerprint density at radius 3 is 2.40 bits per heavy atom. The minimum Gasteiger partial charge on any atom is -0.496 e. The topological polar surface area (TPSA) is 201 Å². The lowest BCUT2D eigenvalue weighted by molar-refractivity contribution is -0.147. The molecule has 3 aromatic carbocycles. The summed E-state index contributed by atoms with van der Waals surface area (Å²) in [6, 6.07) is 13.0. The number of nitrogens with two attached hydrogens (primary N) is 1. The van der Waals surface area contributed by atoms with Gasteiger partial charge in [0, 0.05) is 37.3 Å². The van der Waals surface area contributed by atoms with Gasteiger partial charge in [0.2, 0.25) is 0 Å². The van der Waals surface area contributed by atoms with Gasteiger partial charge >= 0.3 is 11.9 Å². The number of nitrogens with zero attached hydrogens (tertiary/aromatic N) is 3. The molecule has 2 atom stereocenters. The number of aryl methyl sites for hydroxylation is 1. The van der Waals surface area contributed by atoms with Crippen molar-refractivity contribution in [2.75, 3.05) is 26.9 Å². The van der Waals surface area contributed by atoms with Crippen molar-refractivity contribution in [3.63, 3.8) is 0 Å². The van der Waals surface area contributed by atoms with Crippen molar-refractivity contribution in [3.05, 3.63) is 87.7 Å². The number of aliphatic carboxylic acids is 1. The summed E-state index contributed by atoms with van der Waals surface area (Å²) < 4.78 is 24.6. The smallest absolute Gasteiger partial charge is 0.325 e. The molecular weight excluding hydrogens is 670 g/mol. The first-order valence-corrected chi connectivity index (χ1v) is 16.2. The molecule has 0 aliphatic rings. The maximum Gasteiger partial charge on any atom is 0.325 e. The number of halogens is 1. The van der Waals surface area contributed by atoms with E-state index in [1.807, 2.05) is 44.2 Å². The fraction of sp³-hybridized carbons (Fsp3) is 0.371. The van der Waals surface area contributed by atoms with E-state index in [4.69, 9.17) is 51.6 Å². The number of aromatic nitrogens is 3. The summed E-state index contributed by atoms with van der Waals surface area (Å²) in [5, 5.41) is 38.4. The molecule has 0 saturated carbocycles. The molecule has 6 N–H and O–H groups in total. The predicted molar refractivity (Wildman–Crippen MR) is 184 cm³/mol. The van der Waals surface area contributed by atoms with Crippen molar-refractivity contribution in [2.45, 2.75) is 58.7 Å². The number of aliphatic hydroxyl groups excluding tert-OH is 2. The number of ether oxygens (including phenoxy) is 4. The summed E-state index contributed by atoms with van der Waals surface area (Å²) >= 11 is 6.52. The number of carbonyl (C=O) groups is 2. The zero-order valence-corrected chi connectivity index (χ0v) is 28.9. The van der Waals surface area contributed by atoms with Crippen molar-refractivity contribution < 1.29 is 43.9 Å². The Kier molecular flexibility index (Phi) is 13.9. The third kappa shape index (κ3) is 9.92. The number of carboxylic acids is 1. The summed E-state index contributed by atoms with van der Waals surface area (Å²) in [5.74, 6) is -0.296. The first-order valence-electron chi connectivity index (χ1n) is 15.9. The van der Waals surface area contributed by atoms with Gasteiger partial charge in [-0.1, -0.05) is 47.1 Å². The van der Waals surface area contributed by atoms with Gasteiger partial charge in [-0.2, -0.15) is 0 Å². The van der Waals surface area contributed by atoms with Gasteiger partial charge in [-0.15, -0.1) is 5.10 Å². The molecule has 0 radical (unpaired) electrons. The number of benzene rings is 3. The minimum atomic E-state index is -1.13. The molecule has 14 nitrogen and oxygen atoms in total. The highest BCUT2D eigenvalue weighted by Crippen LogP contribution is 2.36. The lowest BCUT2D eigenvalue weighted by Crippen LogP contribution is -2.39. The lowest BCUT2D eigenvalue weighted by Gasteiger charge is -2.18. The van der Waals surface area contributed by atoms with E-state index in [9.17, 15) is 9.59 Å². The Bertz CT molecular complexity index is 1770. The molecule has 0 amide bonds. The van der Waals surface area contributed by atoms with Crippen LogP contribution in [0.4, 0.5) is 0 Å². The lowest BCUT2D eigenvalue weighted by atomic mass is 9.93. The number of aliphatic hydroxyl groups is 2. The average molecular weight is 712 g/mol. The zero-order valence-electron chi connectivity index (χ0n) is 28.1. The van der Waals surface area contributed by atoms with E-state index in [0.29, 0.717) is 47.4 Å². The van der Waals surface area contributed by atoms with Crippen molar-refractivity contribution in [2.24, 2.45) is 5.73 Å². The zero-order chi connectivity index (χ0) is 36.2. The van der Waals surface area contributed by atoms with Crippen molar-refractivity contribution >= 4 is 23.5 Å². The molecule has 0 aliphatic heterocycles. The summed E-state index contributed by atoms with van der Waals surface area (Å²) in [7, 11) is 1.49. The number of hydrogen-bond acceptors (Lipinski definition) is 12. The fourth-order valence-electron chi connectivity index (χ4n) is 5.06. The number of esters is 1. The molecule has 1 heterocycles. The van der Waals surface area contributed by atoms with E-state index in [-0.39, 0.29) is 19.8 Å². The Morgan fingerprint density at radius 2 is 1.70 bits per heavy atom. The van der Waals surface area contributed by atoms with Crippen LogP contribution in [-0.4, -0.2) is 81.3 Å². The number of carbonyl (C=O) groups excluding carboxylic acids is 1. The summed E-state index contributed by atoms with van der Waals surface area (Å²) in [4.78, 5) is 22.9. The highest BCUT2D eigenvalue weighted by atomic mass is 35.5. The van der Waals surface area contributed by atoms with Crippen LogP contribution in [-0.2, 0) is 40.6 Å². The average Bonchev–Trinajstić information content (AvgIpc) is 3.57. The van der Waals surface area contributed by atoms with Crippen LogP contribution in [0, 0.1) is 13.8 Å². The second-order valence-electron chi connectivity index (χ2n) is 11.4. The number of carboxylic acid groups (broad SMARTS) is 1. The van der Waals surface area contributed by atoms with Gasteiger partial charge in [0.05, 0.1) is 37.6 Å². The predicted octanol–water partition coefficient (Wildman–Crippen LogP) is 3.17. The molecule has 268 valence electrons. The fourth-order valence-corrected chi connectivity index (χ4v) is 5.31. The summed E-state index contributed by atoms with van der Waals surface area (Å²) in [6.07, 6.45) is 2.39. The molecule has 0 saturated heterocycles. The van der Waals surface area contributed by atoms with Crippen LogP contribution in [0.2, 0.25) is 5.02 Å². The molecule has 0 bridgehead atoms. The van der Waals surface area contributed by atoms with Gasteiger partial charge in [0.1, 0.15) is 42.5 Å². The van der Waals surface area contributed by atoms with Crippen LogP contribution >= 0.6 is 11.6 Å². The molecule has 1 unspecified atom stereocenters. The van der Waals surface area contributed by atoms with Gasteiger partial charge in [0.25, 0.3) is 0 Å². The molecular formula is C35H42ClN5O9. The van der Waals surface area contributed by atoms with Gasteiger partial charge in [-0.3, -0.25) is 19.6 Å². The first-order chi connectivity index (χ1) is 24.1. The van der Waals surface area contributed by atoms with Crippen LogP contribution in [0.1, 0.15) is 34.4 Å². The van der Waals surface area contributed by atoms with E-state index in [1.54, 1.807) is 23.0 Å². The SMILES string of the molecule is COc1cc(OCc2cccc(-c3cccc(OCCCn4cc(CNC(CO)C(=O)O)nn4)c3C)c2C)c(Cl)cc1COC(=O)[C@@H](N)CO. The Hall–Kier alpha value is -4.73. The summed E-state index contributed by atoms with van der Waals surface area (Å²) in [5.41, 5.74) is 11.6. The van der Waals surface area contributed by atoms with Gasteiger partial charge < -0.3 is 40.0 Å². The van der Waals surface area contributed by atoms with Gasteiger partial charge in [0.15, 0.2) is 0 Å². The Labute approximate surface area is 294 Å². The third-order valence-electron chi connectivity index (χ3n) is 7.99. The molecule has 4 rings (SSSR count). The largest absolute Gasteiger partial charge is 0.496 e. The highest BCUT2D eigenvalue weighted by molar-refractivity contribution is 6.32. The first kappa shape index (κ1) is 38.1. The van der Waals surface area contributed by atoms with Crippen LogP contribution in [0.5, 0.6) is 17.2 Å². The van der Waals surface area contributed by atoms with Crippen LogP contribution in [0.25, 0.3) is 11.1 Å². The molecule has 0 spiro atoms. The molecule has 0 fully saturated rings. The normalized spacial score (nSPS) is 12.3. The van der Waals surface area contributed by atoms with Crippen LogP contribution in [0.3, 0.4) is 0 Å². The van der Waals surface area contributed by atoms with E-state index >= 15 is 0 Å². The van der Waals surface area contributed by atoms with E-state index in [1.165, 1.54) is 7.11 Å². The molecule has 15 heteroatoms. The van der Waals surface area contributed by atoms with E-state index in [2.05, 4.69) is 21.7 Å². The number of nitrogens with one attached hydrogen (secondary N) is 1. The third-order valence-corrected chi connectivity index (χ3v) is 8.29. The van der Waals surface area contributed by atoms with Gasteiger partial charge in [-0.05, 0) is 53.8 Å². The standard InChI is InChI=1S/C35H42ClN5O9/c1-21-23(19-49-33-14-32(47-3)24(13-28(33)36)20-50-35(46)29(37)17-42)7-4-8-26(21)27-9-5-10-31(22(27)2)48-12-6-11-41-16-25(39-40-41)15-38-30(18-43)34(44)45/h4-5,7-10,13-14,16,29-30,38,42-43H,6,11-12,15,17-20,37H2,1-3H3,(H,44,45)/t29-,30?/m0/s1. The quantitative estimate of drug-likeness (QED) is 0.0702. The van der Waals surface area contributed by atoms with E-state index < -0.39 is 37.2 Å². The second-order valence-corrected chi connectivity index (χ2v) is 11.8. The molecule has 4 aromatic rings. The Morgan fingerprint density at radius 1 is 0.960 bits per heavy atom. The maximum absolute atomic E-state index is 11.9. The highest BCUT2D eigenvalue weighted by Gasteiger charge is 2.18. The van der Waals surface area contributed by atoms with Gasteiger partial charge in [-0.25, -0.2) is 0 Å². The van der Waals surface area contributed by atoms with Crippen LogP contribution in [0.15, 0.2) is 54.7 Å². The minimum absolute atomic E-state index is 0.135. The number of methoxy groups -OCH3 is 1. The van der Waals surface area contributed by atoms with Crippen molar-refractivity contribution in [1.82, 2.24) is 20.3 Å². The Balaban J connectivity index is 1.36. The second kappa shape index (κ2) is 18.3. The van der Waals surface area contributed by atoms with Crippen molar-refractivity contribution in [1.29, 1.82) is 0 Å². The number of hydrogen-bond donors (Lipinski definition) is 5. The number of rotatable bonds is 19. The van der Waals surface area contributed by atoms with Crippen LogP contribution < -0.4 is 25.3 Å². The van der Waals surface area contributed by atoms with E-state index in [0.717, 1.165) is 33.6 Å². The maximum atomic E-state index is 11.9. The molecule has 0 aliphatic carbocycles. The molecule has 1 aromatic heterocycles. The van der Waals surface area contributed by atoms with Crippen molar-refractivity contribution in [3.8, 4) is 28.4 Å².